The molecule has 8 atom stereocenters. The van der Waals surface area contributed by atoms with Gasteiger partial charge in [-0.3, -0.25) is 19.3 Å². The third-order valence-corrected chi connectivity index (χ3v) is 11.0. The van der Waals surface area contributed by atoms with Crippen LogP contribution in [0.3, 0.4) is 0 Å². The zero-order valence-electron chi connectivity index (χ0n) is 25.2. The molecule has 0 aromatic heterocycles. The summed E-state index contributed by atoms with van der Waals surface area (Å²) in [5, 5.41) is 6.01. The van der Waals surface area contributed by atoms with Crippen LogP contribution >= 0.6 is 11.6 Å². The molecule has 2 bridgehead atoms. The Hall–Kier alpha value is -2.53. The van der Waals surface area contributed by atoms with E-state index >= 15 is 0 Å². The number of halogens is 2. The van der Waals surface area contributed by atoms with E-state index in [0.717, 1.165) is 52.0 Å². The Balaban J connectivity index is 1.25. The van der Waals surface area contributed by atoms with Gasteiger partial charge < -0.3 is 25.2 Å². The fourth-order valence-electron chi connectivity index (χ4n) is 7.93. The number of piperazine rings is 1. The predicted molar refractivity (Wildman–Crippen MR) is 162 cm³/mol. The average Bonchev–Trinajstić information content (AvgIpc) is 3.63. The van der Waals surface area contributed by atoms with Crippen LogP contribution in [0.5, 0.6) is 0 Å². The normalized spacial score (nSPS) is 35.8. The highest BCUT2D eigenvalue weighted by Crippen LogP contribution is 2.55. The maximum Gasteiger partial charge on any atom is 0.246 e. The van der Waals surface area contributed by atoms with Gasteiger partial charge in [0.15, 0.2) is 0 Å². The van der Waals surface area contributed by atoms with Gasteiger partial charge >= 0.3 is 0 Å². The summed E-state index contributed by atoms with van der Waals surface area (Å²) in [6, 6.07) is 3.12. The molecule has 4 heterocycles. The SMILES string of the molecule is CCN1CCN(CCN2C(=O)[C@H]3[C@H](C(=O)Nc4ccc(F)c(Cl)c4)[C@H]4C=C[C@@]3(O4)[C@@H]2C(=O)N[C@@H]2CCC[C@H](C)[C@H]2C)CC1. The second-order valence-corrected chi connectivity index (χ2v) is 13.4. The summed E-state index contributed by atoms with van der Waals surface area (Å²) in [6.07, 6.45) is 6.11. The van der Waals surface area contributed by atoms with Crippen LogP contribution in [-0.2, 0) is 19.1 Å². The van der Waals surface area contributed by atoms with Gasteiger partial charge in [-0.15, -0.1) is 0 Å². The number of nitrogens with one attached hydrogen (secondary N) is 2. The van der Waals surface area contributed by atoms with Crippen LogP contribution in [0.4, 0.5) is 10.1 Å². The summed E-state index contributed by atoms with van der Waals surface area (Å²) in [5.41, 5.74) is -0.890. The lowest BCUT2D eigenvalue weighted by atomic mass is 9.73. The number of rotatable bonds is 8. The molecule has 4 fully saturated rings. The quantitative estimate of drug-likeness (QED) is 0.437. The number of hydrogen-bond donors (Lipinski definition) is 2. The van der Waals surface area contributed by atoms with Crippen molar-refractivity contribution in [1.29, 1.82) is 0 Å². The monoisotopic (exact) mass is 615 g/mol. The lowest BCUT2D eigenvalue weighted by Crippen LogP contribution is -2.58. The van der Waals surface area contributed by atoms with Gasteiger partial charge in [-0.2, -0.15) is 0 Å². The number of likely N-dealkylation sites (N-methyl/N-ethyl adjacent to an activating group) is 1. The molecule has 9 nitrogen and oxygen atoms in total. The van der Waals surface area contributed by atoms with Crippen molar-refractivity contribution in [1.82, 2.24) is 20.0 Å². The van der Waals surface area contributed by atoms with E-state index in [4.69, 9.17) is 16.3 Å². The van der Waals surface area contributed by atoms with Gasteiger partial charge in [0.05, 0.1) is 23.0 Å². The van der Waals surface area contributed by atoms with Crippen molar-refractivity contribution < 1.29 is 23.5 Å². The lowest BCUT2D eigenvalue weighted by molar-refractivity contribution is -0.142. The Morgan fingerprint density at radius 3 is 2.56 bits per heavy atom. The third-order valence-electron chi connectivity index (χ3n) is 10.7. The number of anilines is 1. The number of carbonyl (C=O) groups is 3. The minimum absolute atomic E-state index is 0.0238. The van der Waals surface area contributed by atoms with Crippen molar-refractivity contribution in [3.05, 3.63) is 41.2 Å². The molecule has 11 heteroatoms. The van der Waals surface area contributed by atoms with Gasteiger partial charge in [0, 0.05) is 51.0 Å². The number of fused-ring (bicyclic) bond motifs is 1. The minimum Gasteiger partial charge on any atom is -0.359 e. The molecule has 1 aliphatic carbocycles. The number of carbonyl (C=O) groups excluding carboxylic acids is 3. The van der Waals surface area contributed by atoms with E-state index in [2.05, 4.69) is 41.2 Å². The van der Waals surface area contributed by atoms with E-state index in [0.29, 0.717) is 30.6 Å². The first-order valence-corrected chi connectivity index (χ1v) is 16.2. The molecular formula is C32H43ClFN5O4. The molecular weight excluding hydrogens is 573 g/mol. The molecule has 1 aromatic rings. The predicted octanol–water partition coefficient (Wildman–Crippen LogP) is 3.15. The summed E-state index contributed by atoms with van der Waals surface area (Å²) < 4.78 is 20.2. The Morgan fingerprint density at radius 2 is 1.84 bits per heavy atom. The minimum atomic E-state index is -1.22. The fraction of sp³-hybridized carbons (Fsp3) is 0.656. The number of nitrogens with zero attached hydrogens (tertiary/aromatic N) is 3. The number of likely N-dealkylation sites (tertiary alicyclic amines) is 1. The summed E-state index contributed by atoms with van der Waals surface area (Å²) >= 11 is 5.94. The van der Waals surface area contributed by atoms with Crippen LogP contribution in [-0.4, -0.2) is 102 Å². The highest BCUT2D eigenvalue weighted by atomic mass is 35.5. The molecule has 2 N–H and O–H groups in total. The summed E-state index contributed by atoms with van der Waals surface area (Å²) in [6.45, 7) is 12.4. The van der Waals surface area contributed by atoms with E-state index in [1.807, 2.05) is 12.2 Å². The zero-order chi connectivity index (χ0) is 30.5. The molecule has 3 saturated heterocycles. The van der Waals surface area contributed by atoms with Crippen LogP contribution in [0.15, 0.2) is 30.4 Å². The van der Waals surface area contributed by atoms with Crippen LogP contribution in [0.2, 0.25) is 5.02 Å². The van der Waals surface area contributed by atoms with Gasteiger partial charge in [-0.1, -0.05) is 57.4 Å². The standard InChI is InChI=1S/C32H43ClFN5O4/c1-4-37-12-14-38(15-13-37)16-17-39-28(30(41)36-24-7-5-6-19(2)20(24)3)32-11-10-25(43-32)26(27(32)31(39)42)29(40)35-21-8-9-23(34)22(33)18-21/h8-11,18-20,24-28H,4-7,12-17H2,1-3H3,(H,35,40)(H,36,41)/t19-,20+,24+,25+,26+,27+,28-,32-/m0/s1. The highest BCUT2D eigenvalue weighted by Gasteiger charge is 2.72. The first kappa shape index (κ1) is 30.5. The third kappa shape index (κ3) is 5.49. The smallest absolute Gasteiger partial charge is 0.246 e. The van der Waals surface area contributed by atoms with Gasteiger partial charge in [0.25, 0.3) is 0 Å². The lowest BCUT2D eigenvalue weighted by Gasteiger charge is -2.39. The van der Waals surface area contributed by atoms with E-state index in [-0.39, 0.29) is 22.9 Å². The van der Waals surface area contributed by atoms with Gasteiger partial charge in [0.2, 0.25) is 17.7 Å². The van der Waals surface area contributed by atoms with Crippen LogP contribution in [0, 0.1) is 29.5 Å². The molecule has 0 unspecified atom stereocenters. The maximum absolute atomic E-state index is 14.3. The van der Waals surface area contributed by atoms with Crippen molar-refractivity contribution >= 4 is 35.0 Å². The van der Waals surface area contributed by atoms with E-state index < -0.39 is 41.3 Å². The molecule has 0 radical (unpaired) electrons. The largest absolute Gasteiger partial charge is 0.359 e. The molecule has 1 aromatic carbocycles. The number of benzene rings is 1. The van der Waals surface area contributed by atoms with Gasteiger partial charge in [0.1, 0.15) is 17.5 Å². The molecule has 1 spiro atoms. The van der Waals surface area contributed by atoms with E-state index in [9.17, 15) is 18.8 Å². The van der Waals surface area contributed by atoms with Crippen molar-refractivity contribution in [2.45, 2.75) is 63.8 Å². The molecule has 6 rings (SSSR count). The van der Waals surface area contributed by atoms with Crippen LogP contribution in [0.1, 0.15) is 40.0 Å². The second-order valence-electron chi connectivity index (χ2n) is 13.0. The average molecular weight is 616 g/mol. The van der Waals surface area contributed by atoms with Crippen molar-refractivity contribution in [3.63, 3.8) is 0 Å². The number of amides is 3. The van der Waals surface area contributed by atoms with Crippen molar-refractivity contribution in [2.75, 3.05) is 51.1 Å². The molecule has 3 amide bonds. The summed E-state index contributed by atoms with van der Waals surface area (Å²) in [5.74, 6) is -2.29. The molecule has 43 heavy (non-hydrogen) atoms. The molecule has 234 valence electrons. The Morgan fingerprint density at radius 1 is 1.09 bits per heavy atom. The number of hydrogen-bond acceptors (Lipinski definition) is 6. The van der Waals surface area contributed by atoms with Crippen LogP contribution < -0.4 is 10.6 Å². The van der Waals surface area contributed by atoms with Crippen molar-refractivity contribution in [2.24, 2.45) is 23.7 Å². The topological polar surface area (TPSA) is 94.2 Å². The zero-order valence-corrected chi connectivity index (χ0v) is 26.0. The first-order chi connectivity index (χ1) is 20.6. The van der Waals surface area contributed by atoms with Gasteiger partial charge in [-0.25, -0.2) is 4.39 Å². The van der Waals surface area contributed by atoms with E-state index in [1.165, 1.54) is 18.2 Å². The molecule has 1 saturated carbocycles. The highest BCUT2D eigenvalue weighted by molar-refractivity contribution is 6.31. The summed E-state index contributed by atoms with van der Waals surface area (Å²) in [7, 11) is 0. The fourth-order valence-corrected chi connectivity index (χ4v) is 8.11. The maximum atomic E-state index is 14.3. The van der Waals surface area contributed by atoms with Gasteiger partial charge in [-0.05, 0) is 43.0 Å². The summed E-state index contributed by atoms with van der Waals surface area (Å²) in [4.78, 5) is 48.6. The molecule has 4 aliphatic heterocycles. The second kappa shape index (κ2) is 12.1. The Kier molecular flexibility index (Phi) is 8.58. The Bertz CT molecular complexity index is 1290. The first-order valence-electron chi connectivity index (χ1n) is 15.8. The molecule has 5 aliphatic rings. The van der Waals surface area contributed by atoms with Crippen LogP contribution in [0.25, 0.3) is 0 Å². The van der Waals surface area contributed by atoms with Crippen molar-refractivity contribution in [3.8, 4) is 0 Å². The number of ether oxygens (including phenoxy) is 1. The Labute approximate surface area is 258 Å². The van der Waals surface area contributed by atoms with E-state index in [1.54, 1.807) is 4.90 Å².